The molecule has 3 aromatic heterocycles. The molecular weight excluding hydrogens is 366 g/mol. The van der Waals surface area contributed by atoms with Crippen LogP contribution in [0, 0.1) is 0 Å². The number of fused-ring (bicyclic) bond motifs is 3. The minimum Gasteiger partial charge on any atom is -0.476 e. The number of carbonyl (C=O) groups is 1. The molecule has 150 valence electrons. The number of aryl methyl sites for hydroxylation is 2. The lowest BCUT2D eigenvalue weighted by atomic mass is 10.0. The fourth-order valence-corrected chi connectivity index (χ4v) is 3.59. The number of hydrogen-bond donors (Lipinski definition) is 3. The quantitative estimate of drug-likeness (QED) is 0.538. The van der Waals surface area contributed by atoms with Gasteiger partial charge >= 0.3 is 0 Å². The topological polar surface area (TPSA) is 91.9 Å². The summed E-state index contributed by atoms with van der Waals surface area (Å²) in [5.74, 6) is 0.736. The van der Waals surface area contributed by atoms with E-state index in [2.05, 4.69) is 31.7 Å². The van der Waals surface area contributed by atoms with Gasteiger partial charge < -0.3 is 20.4 Å². The summed E-state index contributed by atoms with van der Waals surface area (Å²) in [5.41, 5.74) is 4.60. The van der Waals surface area contributed by atoms with Gasteiger partial charge in [0, 0.05) is 36.3 Å². The third-order valence-corrected chi connectivity index (χ3v) is 4.95. The molecule has 3 N–H and O–H groups in total. The Morgan fingerprint density at radius 2 is 2.17 bits per heavy atom. The molecule has 0 bridgehead atoms. The first-order chi connectivity index (χ1) is 14.3. The SMILES string of the molecule is CCNCCOc1cccc(NC(=O)c2c[nH]c3c2-c2ncccc2CCC3)n1. The second kappa shape index (κ2) is 8.87. The van der Waals surface area contributed by atoms with Crippen molar-refractivity contribution in [3.8, 4) is 17.1 Å². The zero-order chi connectivity index (χ0) is 20.1. The number of anilines is 1. The maximum absolute atomic E-state index is 13.0. The minimum absolute atomic E-state index is 0.210. The Hall–Kier alpha value is -3.19. The van der Waals surface area contributed by atoms with Crippen molar-refractivity contribution in [1.82, 2.24) is 20.3 Å². The van der Waals surface area contributed by atoms with Crippen molar-refractivity contribution in [2.75, 3.05) is 25.0 Å². The second-order valence-electron chi connectivity index (χ2n) is 6.94. The van der Waals surface area contributed by atoms with Crippen LogP contribution in [-0.4, -0.2) is 40.6 Å². The summed E-state index contributed by atoms with van der Waals surface area (Å²) in [4.78, 5) is 25.3. The molecule has 7 nitrogen and oxygen atoms in total. The van der Waals surface area contributed by atoms with Crippen molar-refractivity contribution in [3.05, 3.63) is 59.5 Å². The van der Waals surface area contributed by atoms with E-state index < -0.39 is 0 Å². The molecular formula is C22H25N5O2. The standard InChI is InChI=1S/C22H25N5O2/c1-2-23-12-13-29-19-10-4-9-18(26-19)27-22(28)16-14-25-17-8-3-6-15-7-5-11-24-21(15)20(16)17/h4-5,7,9-11,14,23,25H,2-3,6,8,12-13H2,1H3,(H,26,27,28). The molecule has 7 heteroatoms. The number of nitrogens with one attached hydrogen (secondary N) is 3. The van der Waals surface area contributed by atoms with Gasteiger partial charge in [-0.15, -0.1) is 0 Å². The van der Waals surface area contributed by atoms with Gasteiger partial charge in [-0.2, -0.15) is 4.98 Å². The number of carbonyl (C=O) groups excluding carboxylic acids is 1. The lowest BCUT2D eigenvalue weighted by Crippen LogP contribution is -2.20. The monoisotopic (exact) mass is 391 g/mol. The van der Waals surface area contributed by atoms with Gasteiger partial charge in [0.15, 0.2) is 0 Å². The van der Waals surface area contributed by atoms with E-state index in [0.717, 1.165) is 49.3 Å². The molecule has 0 spiro atoms. The van der Waals surface area contributed by atoms with Gasteiger partial charge in [0.25, 0.3) is 5.91 Å². The average Bonchev–Trinajstić information content (AvgIpc) is 3.07. The van der Waals surface area contributed by atoms with Crippen molar-refractivity contribution < 1.29 is 9.53 Å². The van der Waals surface area contributed by atoms with Crippen molar-refractivity contribution in [1.29, 1.82) is 0 Å². The summed E-state index contributed by atoms with van der Waals surface area (Å²) < 4.78 is 5.63. The molecule has 3 aromatic rings. The first-order valence-corrected chi connectivity index (χ1v) is 10.0. The van der Waals surface area contributed by atoms with E-state index in [9.17, 15) is 4.79 Å². The summed E-state index contributed by atoms with van der Waals surface area (Å²) in [6, 6.07) is 9.39. The van der Waals surface area contributed by atoms with E-state index >= 15 is 0 Å². The highest BCUT2D eigenvalue weighted by Crippen LogP contribution is 2.33. The van der Waals surface area contributed by atoms with Crippen LogP contribution in [-0.2, 0) is 12.8 Å². The van der Waals surface area contributed by atoms with Crippen molar-refractivity contribution in [2.45, 2.75) is 26.2 Å². The number of likely N-dealkylation sites (N-methyl/N-ethyl adjacent to an activating group) is 1. The van der Waals surface area contributed by atoms with Crippen LogP contribution in [0.3, 0.4) is 0 Å². The van der Waals surface area contributed by atoms with E-state index in [-0.39, 0.29) is 5.91 Å². The third-order valence-electron chi connectivity index (χ3n) is 4.95. The van der Waals surface area contributed by atoms with Gasteiger partial charge in [0.2, 0.25) is 5.88 Å². The molecule has 0 saturated carbocycles. The lowest BCUT2D eigenvalue weighted by molar-refractivity contribution is 0.102. The zero-order valence-electron chi connectivity index (χ0n) is 16.5. The Balaban J connectivity index is 1.54. The third kappa shape index (κ3) is 4.30. The maximum atomic E-state index is 13.0. The van der Waals surface area contributed by atoms with E-state index in [4.69, 9.17) is 4.74 Å². The average molecular weight is 391 g/mol. The molecule has 4 rings (SSSR count). The minimum atomic E-state index is -0.210. The molecule has 1 aliphatic carbocycles. The Morgan fingerprint density at radius 3 is 3.07 bits per heavy atom. The smallest absolute Gasteiger partial charge is 0.259 e. The zero-order valence-corrected chi connectivity index (χ0v) is 16.5. The number of pyridine rings is 2. The summed E-state index contributed by atoms with van der Waals surface area (Å²) in [5, 5.41) is 6.09. The molecule has 0 aliphatic heterocycles. The maximum Gasteiger partial charge on any atom is 0.259 e. The van der Waals surface area contributed by atoms with Crippen LogP contribution in [0.4, 0.5) is 5.82 Å². The molecule has 1 aliphatic rings. The summed E-state index contributed by atoms with van der Waals surface area (Å²) in [6.45, 7) is 4.21. The summed E-state index contributed by atoms with van der Waals surface area (Å²) in [7, 11) is 0. The van der Waals surface area contributed by atoms with Gasteiger partial charge in [0.05, 0.1) is 11.3 Å². The molecule has 0 radical (unpaired) electrons. The summed E-state index contributed by atoms with van der Waals surface area (Å²) >= 11 is 0. The first kappa shape index (κ1) is 19.1. The Morgan fingerprint density at radius 1 is 1.24 bits per heavy atom. The Bertz CT molecular complexity index is 998. The van der Waals surface area contributed by atoms with Crippen molar-refractivity contribution >= 4 is 11.7 Å². The number of amides is 1. The van der Waals surface area contributed by atoms with Crippen LogP contribution in [0.2, 0.25) is 0 Å². The van der Waals surface area contributed by atoms with Gasteiger partial charge in [-0.25, -0.2) is 0 Å². The van der Waals surface area contributed by atoms with Crippen LogP contribution >= 0.6 is 0 Å². The Labute approximate surface area is 169 Å². The van der Waals surface area contributed by atoms with Crippen LogP contribution in [0.1, 0.15) is 35.0 Å². The van der Waals surface area contributed by atoms with Gasteiger partial charge in [-0.1, -0.05) is 19.1 Å². The molecule has 1 amide bonds. The first-order valence-electron chi connectivity index (χ1n) is 10.0. The molecule has 0 atom stereocenters. The molecule has 3 heterocycles. The molecule has 0 unspecified atom stereocenters. The number of ether oxygens (including phenoxy) is 1. The highest BCUT2D eigenvalue weighted by atomic mass is 16.5. The molecule has 0 fully saturated rings. The van der Waals surface area contributed by atoms with E-state index in [0.29, 0.717) is 23.9 Å². The number of hydrogen-bond acceptors (Lipinski definition) is 5. The normalized spacial score (nSPS) is 12.6. The van der Waals surface area contributed by atoms with Crippen molar-refractivity contribution in [2.24, 2.45) is 0 Å². The van der Waals surface area contributed by atoms with E-state index in [1.54, 1.807) is 24.5 Å². The predicted molar refractivity (Wildman–Crippen MR) is 112 cm³/mol. The molecule has 0 aromatic carbocycles. The number of H-pyrrole nitrogens is 1. The predicted octanol–water partition coefficient (Wildman–Crippen LogP) is 3.20. The number of aromatic nitrogens is 3. The van der Waals surface area contributed by atoms with E-state index in [1.807, 2.05) is 19.1 Å². The lowest BCUT2D eigenvalue weighted by Gasteiger charge is -2.10. The fourth-order valence-electron chi connectivity index (χ4n) is 3.59. The fraction of sp³-hybridized carbons (Fsp3) is 0.318. The van der Waals surface area contributed by atoms with Crippen LogP contribution in [0.15, 0.2) is 42.7 Å². The second-order valence-corrected chi connectivity index (χ2v) is 6.94. The molecule has 29 heavy (non-hydrogen) atoms. The highest BCUT2D eigenvalue weighted by molar-refractivity contribution is 6.08. The Kier molecular flexibility index (Phi) is 5.86. The van der Waals surface area contributed by atoms with Crippen molar-refractivity contribution in [3.63, 3.8) is 0 Å². The molecule has 0 saturated heterocycles. The summed E-state index contributed by atoms with van der Waals surface area (Å²) in [6.07, 6.45) is 6.42. The van der Waals surface area contributed by atoms with E-state index in [1.165, 1.54) is 5.56 Å². The van der Waals surface area contributed by atoms with Gasteiger partial charge in [-0.3, -0.25) is 9.78 Å². The van der Waals surface area contributed by atoms with Gasteiger partial charge in [-0.05, 0) is 43.5 Å². The largest absolute Gasteiger partial charge is 0.476 e. The van der Waals surface area contributed by atoms with Crippen LogP contribution in [0.5, 0.6) is 5.88 Å². The van der Waals surface area contributed by atoms with Gasteiger partial charge in [0.1, 0.15) is 12.4 Å². The number of aromatic amines is 1. The number of nitrogens with zero attached hydrogens (tertiary/aromatic N) is 2. The number of rotatable bonds is 7. The highest BCUT2D eigenvalue weighted by Gasteiger charge is 2.24. The van der Waals surface area contributed by atoms with Crippen LogP contribution < -0.4 is 15.4 Å². The van der Waals surface area contributed by atoms with Crippen LogP contribution in [0.25, 0.3) is 11.3 Å².